The summed E-state index contributed by atoms with van der Waals surface area (Å²) in [7, 11) is 1.56. The van der Waals surface area contributed by atoms with E-state index in [2.05, 4.69) is 16.6 Å². The van der Waals surface area contributed by atoms with Gasteiger partial charge in [0.1, 0.15) is 0 Å². The summed E-state index contributed by atoms with van der Waals surface area (Å²) in [4.78, 5) is 12.0. The van der Waals surface area contributed by atoms with Crippen LogP contribution in [0.5, 0.6) is 11.5 Å². The van der Waals surface area contributed by atoms with E-state index in [0.29, 0.717) is 11.5 Å². The van der Waals surface area contributed by atoms with Gasteiger partial charge in [0.25, 0.3) is 5.91 Å². The van der Waals surface area contributed by atoms with Gasteiger partial charge in [0, 0.05) is 0 Å². The molecule has 0 bridgehead atoms. The van der Waals surface area contributed by atoms with Crippen LogP contribution in [0.3, 0.4) is 0 Å². The Hall–Kier alpha value is -3.34. The van der Waals surface area contributed by atoms with E-state index in [9.17, 15) is 4.79 Å². The van der Waals surface area contributed by atoms with Crippen LogP contribution >= 0.6 is 0 Å². The molecule has 0 spiro atoms. The smallest absolute Gasteiger partial charge is 0.277 e. The number of benzene rings is 3. The quantitative estimate of drug-likeness (QED) is 0.545. The molecule has 26 heavy (non-hydrogen) atoms. The maximum atomic E-state index is 12.0. The molecule has 3 aromatic rings. The summed E-state index contributed by atoms with van der Waals surface area (Å²) < 4.78 is 10.7. The molecule has 0 radical (unpaired) electrons. The van der Waals surface area contributed by atoms with Crippen LogP contribution < -0.4 is 14.9 Å². The Kier molecular flexibility index (Phi) is 5.49. The first kappa shape index (κ1) is 17.5. The highest BCUT2D eigenvalue weighted by molar-refractivity contribution is 6.02. The minimum Gasteiger partial charge on any atom is -0.493 e. The van der Waals surface area contributed by atoms with Gasteiger partial charge in [-0.15, -0.1) is 0 Å². The Morgan fingerprint density at radius 1 is 0.962 bits per heavy atom. The molecule has 0 aliphatic rings. The third kappa shape index (κ3) is 4.19. The number of carbonyl (C=O) groups excluding carboxylic acids is 1. The Morgan fingerprint density at radius 3 is 2.42 bits per heavy atom. The number of methoxy groups -OCH3 is 1. The third-order valence-corrected chi connectivity index (χ3v) is 3.94. The number of ether oxygens (including phenoxy) is 2. The van der Waals surface area contributed by atoms with Gasteiger partial charge in [-0.1, -0.05) is 48.5 Å². The van der Waals surface area contributed by atoms with Crippen LogP contribution in [0.1, 0.15) is 12.5 Å². The monoisotopic (exact) mass is 348 g/mol. The number of hydrazone groups is 1. The number of nitrogens with zero attached hydrogens (tertiary/aromatic N) is 1. The van der Waals surface area contributed by atoms with Gasteiger partial charge < -0.3 is 9.47 Å². The van der Waals surface area contributed by atoms with Gasteiger partial charge in [0.05, 0.1) is 12.8 Å². The second-order valence-corrected chi connectivity index (χ2v) is 5.73. The normalized spacial score (nSPS) is 11.2. The number of rotatable bonds is 6. The van der Waals surface area contributed by atoms with E-state index < -0.39 is 0 Å². The van der Waals surface area contributed by atoms with Crippen molar-refractivity contribution >= 4 is 22.4 Å². The Balaban J connectivity index is 1.61. The molecular weight excluding hydrogens is 328 g/mol. The first-order valence-electron chi connectivity index (χ1n) is 8.25. The molecule has 3 aromatic carbocycles. The van der Waals surface area contributed by atoms with Gasteiger partial charge in [0.15, 0.2) is 18.1 Å². The minimum atomic E-state index is -0.337. The van der Waals surface area contributed by atoms with Crippen LogP contribution in [0.2, 0.25) is 0 Å². The first-order chi connectivity index (χ1) is 12.7. The largest absolute Gasteiger partial charge is 0.493 e. The maximum Gasteiger partial charge on any atom is 0.277 e. The highest BCUT2D eigenvalue weighted by Gasteiger charge is 2.07. The average molecular weight is 348 g/mol. The van der Waals surface area contributed by atoms with Crippen molar-refractivity contribution in [1.82, 2.24) is 5.43 Å². The molecule has 0 unspecified atom stereocenters. The lowest BCUT2D eigenvalue weighted by Crippen LogP contribution is -2.25. The Morgan fingerprint density at radius 2 is 1.65 bits per heavy atom. The highest BCUT2D eigenvalue weighted by Crippen LogP contribution is 2.25. The van der Waals surface area contributed by atoms with Crippen LogP contribution in [0.4, 0.5) is 0 Å². The average Bonchev–Trinajstić information content (AvgIpc) is 2.70. The summed E-state index contributed by atoms with van der Waals surface area (Å²) in [5, 5.41) is 6.46. The number of para-hydroxylation sites is 2. The molecule has 5 heteroatoms. The molecule has 0 saturated heterocycles. The summed E-state index contributed by atoms with van der Waals surface area (Å²) in [5.74, 6) is 0.757. The predicted octanol–water partition coefficient (Wildman–Crippen LogP) is 3.77. The second-order valence-electron chi connectivity index (χ2n) is 5.73. The summed E-state index contributed by atoms with van der Waals surface area (Å²) >= 11 is 0. The Labute approximate surface area is 152 Å². The standard InChI is InChI=1S/C21H20N2O3/c1-15(17-12-11-16-7-3-4-8-18(16)13-17)22-23-21(24)14-26-20-10-6-5-9-19(20)25-2/h3-13H,14H2,1-2H3,(H,23,24)/b22-15-. The van der Waals surface area contributed by atoms with Crippen molar-refractivity contribution in [3.8, 4) is 11.5 Å². The van der Waals surface area contributed by atoms with Gasteiger partial charge >= 0.3 is 0 Å². The van der Waals surface area contributed by atoms with E-state index in [-0.39, 0.29) is 12.5 Å². The van der Waals surface area contributed by atoms with Crippen LogP contribution in [0.25, 0.3) is 10.8 Å². The molecule has 0 fully saturated rings. The highest BCUT2D eigenvalue weighted by atomic mass is 16.5. The SMILES string of the molecule is COc1ccccc1OCC(=O)N/N=C(/C)c1ccc2ccccc2c1. The maximum absolute atomic E-state index is 12.0. The van der Waals surface area contributed by atoms with Gasteiger partial charge in [-0.3, -0.25) is 4.79 Å². The van der Waals surface area contributed by atoms with E-state index >= 15 is 0 Å². The lowest BCUT2D eigenvalue weighted by Gasteiger charge is -2.09. The fraction of sp³-hybridized carbons (Fsp3) is 0.143. The second kappa shape index (κ2) is 8.16. The molecule has 3 rings (SSSR count). The van der Waals surface area contributed by atoms with Gasteiger partial charge in [-0.05, 0) is 41.5 Å². The molecule has 1 N–H and O–H groups in total. The van der Waals surface area contributed by atoms with Crippen molar-refractivity contribution in [2.45, 2.75) is 6.92 Å². The topological polar surface area (TPSA) is 59.9 Å². The van der Waals surface area contributed by atoms with Crippen molar-refractivity contribution in [3.63, 3.8) is 0 Å². The van der Waals surface area contributed by atoms with E-state index in [4.69, 9.17) is 9.47 Å². The van der Waals surface area contributed by atoms with Crippen molar-refractivity contribution in [1.29, 1.82) is 0 Å². The number of hydrogen-bond donors (Lipinski definition) is 1. The fourth-order valence-electron chi connectivity index (χ4n) is 2.54. The van der Waals surface area contributed by atoms with Crippen molar-refractivity contribution in [2.24, 2.45) is 5.10 Å². The summed E-state index contributed by atoms with van der Waals surface area (Å²) in [6.07, 6.45) is 0. The molecule has 0 aliphatic carbocycles. The summed E-state index contributed by atoms with van der Waals surface area (Å²) in [5.41, 5.74) is 4.20. The molecule has 0 aliphatic heterocycles. The van der Waals surface area contributed by atoms with Gasteiger partial charge in [-0.25, -0.2) is 5.43 Å². The van der Waals surface area contributed by atoms with E-state index in [1.54, 1.807) is 19.2 Å². The van der Waals surface area contributed by atoms with E-state index in [1.807, 2.05) is 55.5 Å². The van der Waals surface area contributed by atoms with Crippen LogP contribution in [0, 0.1) is 0 Å². The number of amides is 1. The molecule has 1 amide bonds. The zero-order chi connectivity index (χ0) is 18.4. The number of carbonyl (C=O) groups is 1. The predicted molar refractivity (Wildman–Crippen MR) is 103 cm³/mol. The van der Waals surface area contributed by atoms with Crippen LogP contribution in [-0.2, 0) is 4.79 Å². The molecule has 5 nitrogen and oxygen atoms in total. The fourth-order valence-corrected chi connectivity index (χ4v) is 2.54. The van der Waals surface area contributed by atoms with E-state index in [0.717, 1.165) is 16.7 Å². The third-order valence-electron chi connectivity index (χ3n) is 3.94. The van der Waals surface area contributed by atoms with Crippen molar-refractivity contribution in [2.75, 3.05) is 13.7 Å². The number of hydrogen-bond acceptors (Lipinski definition) is 4. The molecule has 0 atom stereocenters. The van der Waals surface area contributed by atoms with Crippen molar-refractivity contribution in [3.05, 3.63) is 72.3 Å². The Bertz CT molecular complexity index is 951. The van der Waals surface area contributed by atoms with Gasteiger partial charge in [0.2, 0.25) is 0 Å². The van der Waals surface area contributed by atoms with Crippen molar-refractivity contribution < 1.29 is 14.3 Å². The summed E-state index contributed by atoms with van der Waals surface area (Å²) in [6, 6.07) is 21.3. The zero-order valence-electron chi connectivity index (χ0n) is 14.7. The lowest BCUT2D eigenvalue weighted by molar-refractivity contribution is -0.123. The zero-order valence-corrected chi connectivity index (χ0v) is 14.7. The van der Waals surface area contributed by atoms with E-state index in [1.165, 1.54) is 5.39 Å². The molecular formula is C21H20N2O3. The van der Waals surface area contributed by atoms with Gasteiger partial charge in [-0.2, -0.15) is 5.10 Å². The number of fused-ring (bicyclic) bond motifs is 1. The first-order valence-corrected chi connectivity index (χ1v) is 8.25. The lowest BCUT2D eigenvalue weighted by atomic mass is 10.0. The molecule has 0 aromatic heterocycles. The van der Waals surface area contributed by atoms with Crippen LogP contribution in [-0.4, -0.2) is 25.3 Å². The minimum absolute atomic E-state index is 0.144. The van der Waals surface area contributed by atoms with Crippen LogP contribution in [0.15, 0.2) is 71.8 Å². The summed E-state index contributed by atoms with van der Waals surface area (Å²) in [6.45, 7) is 1.71. The molecule has 132 valence electrons. The number of nitrogens with one attached hydrogen (secondary N) is 1. The molecule has 0 saturated carbocycles. The molecule has 0 heterocycles.